The van der Waals surface area contributed by atoms with Gasteiger partial charge in [0.15, 0.2) is 6.61 Å². The summed E-state index contributed by atoms with van der Waals surface area (Å²) in [6.45, 7) is 1.55. The highest BCUT2D eigenvalue weighted by Gasteiger charge is 2.18. The van der Waals surface area contributed by atoms with Crippen LogP contribution in [0.2, 0.25) is 0 Å². The van der Waals surface area contributed by atoms with Crippen molar-refractivity contribution in [3.05, 3.63) is 54.4 Å². The Morgan fingerprint density at radius 3 is 2.52 bits per heavy atom. The Balaban J connectivity index is 1.64. The van der Waals surface area contributed by atoms with Crippen LogP contribution in [-0.4, -0.2) is 59.5 Å². The molecule has 10 nitrogen and oxygen atoms in total. The van der Waals surface area contributed by atoms with Crippen LogP contribution in [0.1, 0.15) is 5.56 Å². The first-order chi connectivity index (χ1) is 13.8. The third-order valence-electron chi connectivity index (χ3n) is 4.08. The van der Waals surface area contributed by atoms with E-state index in [0.717, 1.165) is 15.6 Å². The van der Waals surface area contributed by atoms with Crippen molar-refractivity contribution >= 4 is 21.6 Å². The number of carbonyl (C=O) groups excluding carboxylic acids is 1. The molecular weight excluding hydrogens is 396 g/mol. The predicted octanol–water partition coefficient (Wildman–Crippen LogP) is 1.24. The standard InChI is InChI=1S/C18H20N6O4S/c1-13-4-9-16(29(26,27)23(2)3)10-17(13)20-18(25)11-28-15-7-5-14(6-8-15)24-12-19-21-22-24/h4-10,12H,11H2,1-3H3,(H,20,25). The molecule has 1 amide bonds. The summed E-state index contributed by atoms with van der Waals surface area (Å²) in [6.07, 6.45) is 1.47. The van der Waals surface area contributed by atoms with Crippen molar-refractivity contribution in [2.45, 2.75) is 11.8 Å². The van der Waals surface area contributed by atoms with Crippen LogP contribution in [0.25, 0.3) is 5.69 Å². The molecule has 0 radical (unpaired) electrons. The highest BCUT2D eigenvalue weighted by atomic mass is 32.2. The van der Waals surface area contributed by atoms with E-state index < -0.39 is 15.9 Å². The maximum atomic E-state index is 12.3. The van der Waals surface area contributed by atoms with Gasteiger partial charge in [0, 0.05) is 19.8 Å². The van der Waals surface area contributed by atoms with Crippen molar-refractivity contribution in [2.24, 2.45) is 0 Å². The van der Waals surface area contributed by atoms with E-state index in [4.69, 9.17) is 4.74 Å². The Bertz CT molecular complexity index is 1100. The first-order valence-corrected chi connectivity index (χ1v) is 10.0. The number of nitrogens with zero attached hydrogens (tertiary/aromatic N) is 5. The monoisotopic (exact) mass is 416 g/mol. The second kappa shape index (κ2) is 8.37. The van der Waals surface area contributed by atoms with Crippen molar-refractivity contribution in [3.8, 4) is 11.4 Å². The number of rotatable bonds is 7. The van der Waals surface area contributed by atoms with Crippen molar-refractivity contribution in [3.63, 3.8) is 0 Å². The number of aryl methyl sites for hydroxylation is 1. The average Bonchev–Trinajstić information content (AvgIpc) is 3.23. The van der Waals surface area contributed by atoms with Gasteiger partial charge in [0.2, 0.25) is 10.0 Å². The SMILES string of the molecule is Cc1ccc(S(=O)(=O)N(C)C)cc1NC(=O)COc1ccc(-n2cnnn2)cc1. The van der Waals surface area contributed by atoms with E-state index in [0.29, 0.717) is 11.4 Å². The molecule has 29 heavy (non-hydrogen) atoms. The summed E-state index contributed by atoms with van der Waals surface area (Å²) < 4.78 is 32.7. The van der Waals surface area contributed by atoms with Crippen molar-refractivity contribution in [1.82, 2.24) is 24.5 Å². The molecule has 0 fully saturated rings. The molecule has 0 aliphatic carbocycles. The third kappa shape index (κ3) is 4.76. The van der Waals surface area contributed by atoms with Gasteiger partial charge in [0.25, 0.3) is 5.91 Å². The molecule has 3 aromatic rings. The second-order valence-electron chi connectivity index (χ2n) is 6.35. The topological polar surface area (TPSA) is 119 Å². The number of hydrogen-bond acceptors (Lipinski definition) is 7. The van der Waals surface area contributed by atoms with Crippen LogP contribution in [0.4, 0.5) is 5.69 Å². The predicted molar refractivity (Wildman–Crippen MR) is 105 cm³/mol. The number of amides is 1. The summed E-state index contributed by atoms with van der Waals surface area (Å²) in [5.74, 6) is 0.0923. The van der Waals surface area contributed by atoms with Gasteiger partial charge >= 0.3 is 0 Å². The average molecular weight is 416 g/mol. The molecule has 0 aliphatic heterocycles. The van der Waals surface area contributed by atoms with Crippen LogP contribution in [0, 0.1) is 6.92 Å². The van der Waals surface area contributed by atoms with Gasteiger partial charge in [-0.3, -0.25) is 4.79 Å². The van der Waals surface area contributed by atoms with E-state index in [1.165, 1.54) is 37.2 Å². The molecule has 0 atom stereocenters. The summed E-state index contributed by atoms with van der Waals surface area (Å²) in [7, 11) is -0.695. The lowest BCUT2D eigenvalue weighted by Gasteiger charge is -2.14. The first kappa shape index (κ1) is 20.4. The second-order valence-corrected chi connectivity index (χ2v) is 8.50. The number of ether oxygens (including phenoxy) is 1. The Kier molecular flexibility index (Phi) is 5.89. The zero-order chi connectivity index (χ0) is 21.0. The van der Waals surface area contributed by atoms with Crippen molar-refractivity contribution in [1.29, 1.82) is 0 Å². The van der Waals surface area contributed by atoms with Gasteiger partial charge in [-0.15, -0.1) is 5.10 Å². The number of sulfonamides is 1. The molecule has 2 aromatic carbocycles. The Labute approximate surface area is 168 Å². The van der Waals surface area contributed by atoms with Gasteiger partial charge in [-0.1, -0.05) is 6.07 Å². The minimum atomic E-state index is -3.60. The van der Waals surface area contributed by atoms with E-state index in [9.17, 15) is 13.2 Å². The minimum Gasteiger partial charge on any atom is -0.484 e. The van der Waals surface area contributed by atoms with E-state index in [2.05, 4.69) is 20.8 Å². The van der Waals surface area contributed by atoms with Crippen LogP contribution in [0.5, 0.6) is 5.75 Å². The fourth-order valence-electron chi connectivity index (χ4n) is 2.42. The number of nitrogens with one attached hydrogen (secondary N) is 1. The van der Waals surface area contributed by atoms with E-state index >= 15 is 0 Å². The van der Waals surface area contributed by atoms with Gasteiger partial charge in [0.1, 0.15) is 12.1 Å². The Morgan fingerprint density at radius 1 is 1.17 bits per heavy atom. The van der Waals surface area contributed by atoms with E-state index in [1.54, 1.807) is 37.3 Å². The number of tetrazole rings is 1. The summed E-state index contributed by atoms with van der Waals surface area (Å²) in [6, 6.07) is 11.5. The van der Waals surface area contributed by atoms with Crippen LogP contribution in [0.15, 0.2) is 53.7 Å². The van der Waals surface area contributed by atoms with E-state index in [-0.39, 0.29) is 11.5 Å². The zero-order valence-electron chi connectivity index (χ0n) is 16.1. The lowest BCUT2D eigenvalue weighted by molar-refractivity contribution is -0.118. The lowest BCUT2D eigenvalue weighted by Crippen LogP contribution is -2.23. The number of carbonyl (C=O) groups is 1. The number of hydrogen-bond donors (Lipinski definition) is 1. The molecule has 0 spiro atoms. The largest absolute Gasteiger partial charge is 0.484 e. The highest BCUT2D eigenvalue weighted by molar-refractivity contribution is 7.89. The summed E-state index contributed by atoms with van der Waals surface area (Å²) in [5, 5.41) is 13.6. The molecule has 0 aliphatic rings. The Hall–Kier alpha value is -3.31. The molecular formula is C18H20N6O4S. The number of benzene rings is 2. The van der Waals surface area contributed by atoms with Gasteiger partial charge < -0.3 is 10.1 Å². The summed E-state index contributed by atoms with van der Waals surface area (Å²) in [5.41, 5.74) is 1.90. The smallest absolute Gasteiger partial charge is 0.262 e. The lowest BCUT2D eigenvalue weighted by atomic mass is 10.2. The molecule has 152 valence electrons. The van der Waals surface area contributed by atoms with Crippen LogP contribution < -0.4 is 10.1 Å². The quantitative estimate of drug-likeness (QED) is 0.615. The maximum absolute atomic E-state index is 12.3. The Morgan fingerprint density at radius 2 is 1.90 bits per heavy atom. The molecule has 0 saturated heterocycles. The van der Waals surface area contributed by atoms with Crippen LogP contribution in [0.3, 0.4) is 0 Å². The summed E-state index contributed by atoms with van der Waals surface area (Å²) >= 11 is 0. The molecule has 0 unspecified atom stereocenters. The van der Waals surface area contributed by atoms with Gasteiger partial charge in [-0.2, -0.15) is 0 Å². The first-order valence-electron chi connectivity index (χ1n) is 8.56. The van der Waals surface area contributed by atoms with Crippen LogP contribution in [-0.2, 0) is 14.8 Å². The molecule has 0 saturated carbocycles. The maximum Gasteiger partial charge on any atom is 0.262 e. The van der Waals surface area contributed by atoms with Crippen LogP contribution >= 0.6 is 0 Å². The highest BCUT2D eigenvalue weighted by Crippen LogP contribution is 2.22. The van der Waals surface area contributed by atoms with Crippen molar-refractivity contribution in [2.75, 3.05) is 26.0 Å². The van der Waals surface area contributed by atoms with Crippen molar-refractivity contribution < 1.29 is 17.9 Å². The van der Waals surface area contributed by atoms with Gasteiger partial charge in [-0.25, -0.2) is 17.4 Å². The van der Waals surface area contributed by atoms with Gasteiger partial charge in [-0.05, 0) is 59.3 Å². The number of aromatic nitrogens is 4. The minimum absolute atomic E-state index is 0.0995. The van der Waals surface area contributed by atoms with Gasteiger partial charge in [0.05, 0.1) is 10.6 Å². The molecule has 11 heteroatoms. The fraction of sp³-hybridized carbons (Fsp3) is 0.222. The molecule has 1 N–H and O–H groups in total. The fourth-order valence-corrected chi connectivity index (χ4v) is 3.35. The normalized spacial score (nSPS) is 11.4. The molecule has 1 aromatic heterocycles. The molecule has 0 bridgehead atoms. The number of anilines is 1. The molecule has 1 heterocycles. The third-order valence-corrected chi connectivity index (χ3v) is 5.89. The molecule has 3 rings (SSSR count). The summed E-state index contributed by atoms with van der Waals surface area (Å²) in [4.78, 5) is 12.4. The van der Waals surface area contributed by atoms with E-state index in [1.807, 2.05) is 0 Å². The zero-order valence-corrected chi connectivity index (χ0v) is 16.9.